The first-order chi connectivity index (χ1) is 14.6. The molecule has 1 aliphatic carbocycles. The minimum absolute atomic E-state index is 0.115. The van der Waals surface area contributed by atoms with Gasteiger partial charge in [0.15, 0.2) is 0 Å². The third-order valence-electron chi connectivity index (χ3n) is 5.45. The zero-order valence-electron chi connectivity index (χ0n) is 16.8. The van der Waals surface area contributed by atoms with Crippen molar-refractivity contribution in [1.82, 2.24) is 15.2 Å². The summed E-state index contributed by atoms with van der Waals surface area (Å²) < 4.78 is 5.38. The van der Waals surface area contributed by atoms with E-state index < -0.39 is 0 Å². The van der Waals surface area contributed by atoms with E-state index in [0.29, 0.717) is 23.5 Å². The number of nitrogens with zero attached hydrogens (tertiary/aromatic N) is 3. The molecule has 0 spiro atoms. The molecule has 4 rings (SSSR count). The third kappa shape index (κ3) is 4.69. The van der Waals surface area contributed by atoms with Gasteiger partial charge in [-0.05, 0) is 41.3 Å². The Morgan fingerprint density at radius 3 is 3.00 bits per heavy atom. The van der Waals surface area contributed by atoms with E-state index in [4.69, 9.17) is 10.1 Å². The minimum Gasteiger partial charge on any atom is -0.379 e. The standard InChI is InChI=1S/C23H25N5O2/c1-16(13-24)17-2-3-19-14-26-22(12-20(19)10-17)27-23(29)18-4-5-25-21(11-18)15-28-6-8-30-9-7-28/h2-5,11-14,20,24H,1,6-10,15H2,(H,27,29). The molecule has 0 aromatic carbocycles. The van der Waals surface area contributed by atoms with Crippen molar-refractivity contribution in [2.45, 2.75) is 13.0 Å². The van der Waals surface area contributed by atoms with Gasteiger partial charge in [0.05, 0.1) is 18.9 Å². The Bertz CT molecular complexity index is 983. The third-order valence-corrected chi connectivity index (χ3v) is 5.45. The lowest BCUT2D eigenvalue weighted by Crippen LogP contribution is -2.36. The Labute approximate surface area is 176 Å². The molecule has 7 nitrogen and oxygen atoms in total. The average Bonchev–Trinajstić information content (AvgIpc) is 2.79. The first-order valence-corrected chi connectivity index (χ1v) is 10.0. The maximum Gasteiger partial charge on any atom is 0.256 e. The molecule has 3 heterocycles. The molecule has 30 heavy (non-hydrogen) atoms. The van der Waals surface area contributed by atoms with Gasteiger partial charge in [0.2, 0.25) is 0 Å². The Kier molecular flexibility index (Phi) is 6.11. The fourth-order valence-electron chi connectivity index (χ4n) is 3.70. The Balaban J connectivity index is 1.41. The van der Waals surface area contributed by atoms with Crippen molar-refractivity contribution in [3.8, 4) is 0 Å². The van der Waals surface area contributed by atoms with Crippen LogP contribution < -0.4 is 5.32 Å². The second-order valence-electron chi connectivity index (χ2n) is 7.53. The number of rotatable bonds is 6. The molecule has 2 N–H and O–H groups in total. The molecule has 1 aromatic rings. The summed E-state index contributed by atoms with van der Waals surface area (Å²) in [7, 11) is 0. The smallest absolute Gasteiger partial charge is 0.256 e. The molecule has 3 aliphatic rings. The van der Waals surface area contributed by atoms with E-state index in [1.165, 1.54) is 6.21 Å². The SMILES string of the molecule is C=C(C=N)C1=CC=C2C=NC(NC(=O)c3ccnc(CN4CCOCC4)c3)=CC2C1. The number of hydrogen-bond acceptors (Lipinski definition) is 6. The molecule has 2 aliphatic heterocycles. The number of morpholine rings is 1. The van der Waals surface area contributed by atoms with Crippen molar-refractivity contribution in [2.75, 3.05) is 26.3 Å². The van der Waals surface area contributed by atoms with E-state index in [1.54, 1.807) is 18.5 Å². The van der Waals surface area contributed by atoms with Crippen LogP contribution in [-0.2, 0) is 11.3 Å². The molecule has 0 saturated carbocycles. The maximum atomic E-state index is 12.8. The molecule has 1 atom stereocenters. The van der Waals surface area contributed by atoms with Crippen molar-refractivity contribution in [1.29, 1.82) is 5.41 Å². The second kappa shape index (κ2) is 9.11. The molecule has 1 unspecified atom stereocenters. The van der Waals surface area contributed by atoms with Crippen molar-refractivity contribution < 1.29 is 9.53 Å². The zero-order valence-corrected chi connectivity index (χ0v) is 16.8. The van der Waals surface area contributed by atoms with Crippen LogP contribution >= 0.6 is 0 Å². The van der Waals surface area contributed by atoms with Crippen molar-refractivity contribution in [2.24, 2.45) is 10.9 Å². The fraction of sp³-hybridized carbons (Fsp3) is 0.304. The first-order valence-electron chi connectivity index (χ1n) is 10.0. The van der Waals surface area contributed by atoms with E-state index in [1.807, 2.05) is 24.3 Å². The number of aromatic nitrogens is 1. The fourth-order valence-corrected chi connectivity index (χ4v) is 3.70. The largest absolute Gasteiger partial charge is 0.379 e. The highest BCUT2D eigenvalue weighted by molar-refractivity contribution is 5.96. The van der Waals surface area contributed by atoms with Gasteiger partial charge in [0.25, 0.3) is 5.91 Å². The van der Waals surface area contributed by atoms with Crippen LogP contribution in [0.15, 0.2) is 70.7 Å². The summed E-state index contributed by atoms with van der Waals surface area (Å²) >= 11 is 0. The molecule has 0 bridgehead atoms. The molecule has 1 fully saturated rings. The summed E-state index contributed by atoms with van der Waals surface area (Å²) in [5.41, 5.74) is 4.25. The van der Waals surface area contributed by atoms with Gasteiger partial charge in [0, 0.05) is 49.7 Å². The number of ether oxygens (including phenoxy) is 1. The number of aliphatic imine (C=N–C) groups is 1. The average molecular weight is 403 g/mol. The number of amides is 1. The number of carbonyl (C=O) groups excluding carboxylic acids is 1. The van der Waals surface area contributed by atoms with Crippen LogP contribution in [0.2, 0.25) is 0 Å². The number of carbonyl (C=O) groups is 1. The van der Waals surface area contributed by atoms with Crippen molar-refractivity contribution >= 4 is 18.3 Å². The predicted octanol–water partition coefficient (Wildman–Crippen LogP) is 2.65. The van der Waals surface area contributed by atoms with Gasteiger partial charge in [-0.1, -0.05) is 18.7 Å². The maximum absolute atomic E-state index is 12.8. The number of nitrogens with one attached hydrogen (secondary N) is 2. The van der Waals surface area contributed by atoms with Gasteiger partial charge in [-0.3, -0.25) is 14.7 Å². The van der Waals surface area contributed by atoms with Crippen LogP contribution in [0.3, 0.4) is 0 Å². The molecular weight excluding hydrogens is 378 g/mol. The topological polar surface area (TPSA) is 90.7 Å². The van der Waals surface area contributed by atoms with Crippen molar-refractivity contribution in [3.05, 3.63) is 76.9 Å². The van der Waals surface area contributed by atoms with Crippen LogP contribution in [-0.4, -0.2) is 54.5 Å². The number of pyridine rings is 1. The minimum atomic E-state index is -0.202. The van der Waals surface area contributed by atoms with Gasteiger partial charge >= 0.3 is 0 Å². The summed E-state index contributed by atoms with van der Waals surface area (Å²) in [6.07, 6.45) is 11.4. The number of hydrogen-bond donors (Lipinski definition) is 2. The molecule has 1 aromatic heterocycles. The van der Waals surface area contributed by atoms with E-state index in [9.17, 15) is 4.79 Å². The first kappa shape index (κ1) is 20.1. The normalized spacial score (nSPS) is 21.1. The highest BCUT2D eigenvalue weighted by Gasteiger charge is 2.22. The quantitative estimate of drug-likeness (QED) is 0.715. The lowest BCUT2D eigenvalue weighted by atomic mass is 9.84. The molecule has 1 saturated heterocycles. The molecule has 1 amide bonds. The predicted molar refractivity (Wildman–Crippen MR) is 117 cm³/mol. The van der Waals surface area contributed by atoms with Crippen LogP contribution in [0.4, 0.5) is 0 Å². The zero-order chi connectivity index (χ0) is 20.9. The van der Waals surface area contributed by atoms with Gasteiger partial charge in [-0.2, -0.15) is 0 Å². The number of fused-ring (bicyclic) bond motifs is 1. The lowest BCUT2D eigenvalue weighted by molar-refractivity contribution is 0.0336. The number of allylic oxidation sites excluding steroid dienone is 6. The summed E-state index contributed by atoms with van der Waals surface area (Å²) in [6.45, 7) is 7.82. The van der Waals surface area contributed by atoms with Gasteiger partial charge in [-0.25, -0.2) is 4.99 Å². The van der Waals surface area contributed by atoms with E-state index in [2.05, 4.69) is 26.8 Å². The summed E-state index contributed by atoms with van der Waals surface area (Å²) in [5, 5.41) is 10.3. The Morgan fingerprint density at radius 2 is 2.20 bits per heavy atom. The molecule has 7 heteroatoms. The van der Waals surface area contributed by atoms with Gasteiger partial charge in [-0.15, -0.1) is 0 Å². The van der Waals surface area contributed by atoms with E-state index >= 15 is 0 Å². The van der Waals surface area contributed by atoms with Crippen LogP contribution in [0.25, 0.3) is 0 Å². The molecule has 0 radical (unpaired) electrons. The van der Waals surface area contributed by atoms with Gasteiger partial charge in [0.1, 0.15) is 5.82 Å². The van der Waals surface area contributed by atoms with Crippen molar-refractivity contribution in [3.63, 3.8) is 0 Å². The summed E-state index contributed by atoms with van der Waals surface area (Å²) in [4.78, 5) is 23.8. The van der Waals surface area contributed by atoms with Gasteiger partial charge < -0.3 is 15.5 Å². The Hall–Kier alpha value is -3.16. The molecule has 154 valence electrons. The second-order valence-corrected chi connectivity index (χ2v) is 7.53. The highest BCUT2D eigenvalue weighted by atomic mass is 16.5. The van der Waals surface area contributed by atoms with E-state index in [-0.39, 0.29) is 11.8 Å². The lowest BCUT2D eigenvalue weighted by Gasteiger charge is -2.26. The van der Waals surface area contributed by atoms with Crippen LogP contribution in [0.1, 0.15) is 22.5 Å². The van der Waals surface area contributed by atoms with Crippen LogP contribution in [0.5, 0.6) is 0 Å². The van der Waals surface area contributed by atoms with Crippen LogP contribution in [0, 0.1) is 11.3 Å². The Morgan fingerprint density at radius 1 is 1.37 bits per heavy atom. The highest BCUT2D eigenvalue weighted by Crippen LogP contribution is 2.31. The molecular formula is C23H25N5O2. The summed E-state index contributed by atoms with van der Waals surface area (Å²) in [6, 6.07) is 3.55. The van der Waals surface area contributed by atoms with E-state index in [0.717, 1.165) is 49.6 Å². The monoisotopic (exact) mass is 403 g/mol. The summed E-state index contributed by atoms with van der Waals surface area (Å²) in [5.74, 6) is 0.450.